The molecule has 0 heterocycles. The number of amides is 3. The molecule has 0 aromatic heterocycles. The predicted octanol–water partition coefficient (Wildman–Crippen LogP) is 4.37. The Balaban J connectivity index is 1.75. The molecule has 242 valence electrons. The number of aliphatic hydroxyl groups is 1. The number of hydrogen-bond acceptors (Lipinski definition) is 7. The topological polar surface area (TPSA) is 133 Å². The van der Waals surface area contributed by atoms with E-state index < -0.39 is 28.0 Å². The fraction of sp³-hybridized carbons (Fsp3) is 0.344. The molecule has 3 N–H and O–H groups in total. The van der Waals surface area contributed by atoms with E-state index in [1.165, 1.54) is 18.2 Å². The van der Waals surface area contributed by atoms with Crippen LogP contribution in [-0.2, 0) is 37.4 Å². The van der Waals surface area contributed by atoms with Crippen LogP contribution in [0.25, 0.3) is 11.1 Å². The molecule has 0 radical (unpaired) electrons. The quantitative estimate of drug-likeness (QED) is 0.177. The first-order chi connectivity index (χ1) is 21.4. The Morgan fingerprint density at radius 2 is 1.71 bits per heavy atom. The van der Waals surface area contributed by atoms with E-state index in [-0.39, 0.29) is 64.9 Å². The van der Waals surface area contributed by atoms with E-state index in [2.05, 4.69) is 17.9 Å². The molecule has 3 amide bonds. The van der Waals surface area contributed by atoms with Crippen molar-refractivity contribution in [3.63, 3.8) is 0 Å². The normalized spacial score (nSPS) is 12.7. The number of thiol groups is 1. The summed E-state index contributed by atoms with van der Waals surface area (Å²) in [5, 5.41) is 12.5. The molecular formula is C32H37ClFN3O6S2. The Hall–Kier alpha value is -3.45. The van der Waals surface area contributed by atoms with Gasteiger partial charge in [0, 0.05) is 48.0 Å². The Bertz CT molecular complexity index is 1620. The van der Waals surface area contributed by atoms with Crippen LogP contribution < -0.4 is 10.0 Å². The van der Waals surface area contributed by atoms with Crippen molar-refractivity contribution in [2.24, 2.45) is 5.92 Å². The Morgan fingerprint density at radius 3 is 2.36 bits per heavy atom. The summed E-state index contributed by atoms with van der Waals surface area (Å²) in [6, 6.07) is 17.3. The molecule has 0 bridgehead atoms. The van der Waals surface area contributed by atoms with Crippen molar-refractivity contribution >= 4 is 52.0 Å². The minimum atomic E-state index is -4.32. The molecule has 0 aliphatic carbocycles. The zero-order valence-electron chi connectivity index (χ0n) is 25.0. The lowest BCUT2D eigenvalue weighted by Gasteiger charge is -2.24. The van der Waals surface area contributed by atoms with E-state index in [4.69, 9.17) is 11.6 Å². The highest BCUT2D eigenvalue weighted by Crippen LogP contribution is 2.33. The van der Waals surface area contributed by atoms with Gasteiger partial charge in [-0.1, -0.05) is 67.1 Å². The monoisotopic (exact) mass is 677 g/mol. The first kappa shape index (κ1) is 36.0. The zero-order chi connectivity index (χ0) is 33.1. The second kappa shape index (κ2) is 16.7. The summed E-state index contributed by atoms with van der Waals surface area (Å²) in [5.41, 5.74) is 1.74. The summed E-state index contributed by atoms with van der Waals surface area (Å²) in [5.74, 6) is -2.18. The maximum Gasteiger partial charge on any atom is 0.264 e. The number of aliphatic hydroxyl groups excluding tert-OH is 1. The largest absolute Gasteiger partial charge is 0.384 e. The fourth-order valence-corrected chi connectivity index (χ4v) is 6.45. The van der Waals surface area contributed by atoms with Crippen LogP contribution in [0.15, 0.2) is 71.6 Å². The fourth-order valence-electron chi connectivity index (χ4n) is 4.58. The molecule has 3 aromatic carbocycles. The minimum Gasteiger partial charge on any atom is -0.384 e. The first-order valence-corrected chi connectivity index (χ1v) is 16.9. The van der Waals surface area contributed by atoms with Gasteiger partial charge in [0.15, 0.2) is 0 Å². The third kappa shape index (κ3) is 10.0. The van der Waals surface area contributed by atoms with Crippen molar-refractivity contribution in [3.8, 4) is 11.1 Å². The highest BCUT2D eigenvalue weighted by molar-refractivity contribution is 7.90. The molecule has 0 saturated heterocycles. The Labute approximate surface area is 273 Å². The second-order valence-electron chi connectivity index (χ2n) is 10.5. The van der Waals surface area contributed by atoms with Crippen LogP contribution in [0.2, 0.25) is 5.02 Å². The highest BCUT2D eigenvalue weighted by atomic mass is 35.5. The summed E-state index contributed by atoms with van der Waals surface area (Å²) in [4.78, 5) is 39.1. The molecule has 3 rings (SSSR count). The van der Waals surface area contributed by atoms with E-state index in [1.54, 1.807) is 53.4 Å². The number of nitrogens with one attached hydrogen (secondary N) is 2. The lowest BCUT2D eigenvalue weighted by atomic mass is 9.99. The molecule has 2 atom stereocenters. The zero-order valence-corrected chi connectivity index (χ0v) is 27.5. The highest BCUT2D eigenvalue weighted by Gasteiger charge is 2.25. The van der Waals surface area contributed by atoms with Crippen LogP contribution in [-0.4, -0.2) is 61.1 Å². The molecule has 2 unspecified atom stereocenters. The number of carbonyl (C=O) groups excluding carboxylic acids is 3. The van der Waals surface area contributed by atoms with Crippen LogP contribution in [0.3, 0.4) is 0 Å². The van der Waals surface area contributed by atoms with E-state index >= 15 is 0 Å². The average molecular weight is 678 g/mol. The van der Waals surface area contributed by atoms with Crippen LogP contribution in [0.1, 0.15) is 37.8 Å². The van der Waals surface area contributed by atoms with E-state index in [0.29, 0.717) is 29.5 Å². The van der Waals surface area contributed by atoms with Crippen molar-refractivity contribution in [2.45, 2.75) is 50.7 Å². The Morgan fingerprint density at radius 1 is 1.02 bits per heavy atom. The molecule has 45 heavy (non-hydrogen) atoms. The van der Waals surface area contributed by atoms with Gasteiger partial charge >= 0.3 is 0 Å². The predicted molar refractivity (Wildman–Crippen MR) is 175 cm³/mol. The summed E-state index contributed by atoms with van der Waals surface area (Å²) >= 11 is 10.9. The first-order valence-electron chi connectivity index (χ1n) is 14.4. The Kier molecular flexibility index (Phi) is 13.4. The maximum atomic E-state index is 14.1. The second-order valence-corrected chi connectivity index (χ2v) is 12.9. The van der Waals surface area contributed by atoms with Gasteiger partial charge in [-0.05, 0) is 49.1 Å². The van der Waals surface area contributed by atoms with Crippen LogP contribution in [0, 0.1) is 11.7 Å². The average Bonchev–Trinajstić information content (AvgIpc) is 3.00. The van der Waals surface area contributed by atoms with Gasteiger partial charge in [-0.2, -0.15) is 12.6 Å². The van der Waals surface area contributed by atoms with Crippen molar-refractivity contribution in [3.05, 3.63) is 88.7 Å². The molecule has 9 nitrogen and oxygen atoms in total. The summed E-state index contributed by atoms with van der Waals surface area (Å²) in [6.45, 7) is 3.61. The number of nitrogens with zero attached hydrogens (tertiary/aromatic N) is 1. The van der Waals surface area contributed by atoms with Gasteiger partial charge in [-0.25, -0.2) is 17.5 Å². The van der Waals surface area contributed by atoms with Gasteiger partial charge in [0.05, 0.1) is 10.8 Å². The minimum absolute atomic E-state index is 0.116. The van der Waals surface area contributed by atoms with Crippen LogP contribution in [0.5, 0.6) is 0 Å². The number of benzene rings is 3. The van der Waals surface area contributed by atoms with Crippen LogP contribution >= 0.6 is 24.2 Å². The van der Waals surface area contributed by atoms with Crippen molar-refractivity contribution in [2.75, 3.05) is 18.8 Å². The SMILES string of the molecule is CCCC(=O)N(CCNC(=O)C(CS)Cc1ccccc1F)Cc1ccc(-c2ccccc2S(=O)(=O)NC(=O)C(C)O)c(Cl)c1. The van der Waals surface area contributed by atoms with Crippen LogP contribution in [0.4, 0.5) is 4.39 Å². The van der Waals surface area contributed by atoms with Gasteiger partial charge in [0.2, 0.25) is 11.8 Å². The summed E-state index contributed by atoms with van der Waals surface area (Å²) < 4.78 is 41.8. The standard InChI is InChI=1S/C32H37ClFN3O6S2/c1-3-8-30(39)37(16-15-35-32(41)24(20-44)18-23-9-4-6-11-28(23)34)19-22-13-14-25(27(33)17-22)26-10-5-7-12-29(26)45(42,43)36-31(40)21(2)38/h4-7,9-14,17,21,24,38,44H,3,8,15-16,18-20H2,1-2H3,(H,35,41)(H,36,40). The lowest BCUT2D eigenvalue weighted by Crippen LogP contribution is -2.40. The molecule has 0 aliphatic heterocycles. The van der Waals surface area contributed by atoms with Gasteiger partial charge in [-0.15, -0.1) is 0 Å². The third-order valence-electron chi connectivity index (χ3n) is 7.00. The lowest BCUT2D eigenvalue weighted by molar-refractivity contribution is -0.132. The molecule has 13 heteroatoms. The van der Waals surface area contributed by atoms with Gasteiger partial charge in [-0.3, -0.25) is 14.4 Å². The molecule has 0 aliphatic rings. The van der Waals surface area contributed by atoms with Gasteiger partial charge in [0.25, 0.3) is 15.9 Å². The maximum absolute atomic E-state index is 14.1. The number of carbonyl (C=O) groups is 3. The molecule has 0 spiro atoms. The number of halogens is 2. The smallest absolute Gasteiger partial charge is 0.264 e. The van der Waals surface area contributed by atoms with Crippen molar-refractivity contribution in [1.29, 1.82) is 0 Å². The van der Waals surface area contributed by atoms with Crippen molar-refractivity contribution in [1.82, 2.24) is 14.9 Å². The summed E-state index contributed by atoms with van der Waals surface area (Å²) in [7, 11) is -4.32. The molecule has 3 aromatic rings. The molecular weight excluding hydrogens is 641 g/mol. The van der Waals surface area contributed by atoms with E-state index in [1.807, 2.05) is 11.6 Å². The van der Waals surface area contributed by atoms with E-state index in [9.17, 15) is 32.3 Å². The van der Waals surface area contributed by atoms with Gasteiger partial charge < -0.3 is 15.3 Å². The molecule has 0 fully saturated rings. The number of hydrogen-bond donors (Lipinski definition) is 4. The number of sulfonamides is 1. The summed E-state index contributed by atoms with van der Waals surface area (Å²) in [6.07, 6.45) is -0.397. The third-order valence-corrected chi connectivity index (χ3v) is 9.16. The molecule has 0 saturated carbocycles. The van der Waals surface area contributed by atoms with Crippen molar-refractivity contribution < 1.29 is 32.3 Å². The van der Waals surface area contributed by atoms with E-state index in [0.717, 1.165) is 6.92 Å². The number of rotatable bonds is 15. The van der Waals surface area contributed by atoms with Gasteiger partial charge in [0.1, 0.15) is 11.9 Å².